The fraction of sp³-hybridized carbons (Fsp3) is 1.00. The Morgan fingerprint density at radius 1 is 1.08 bits per heavy atom. The molecule has 1 rings (SSSR count). The first kappa shape index (κ1) is 11.1. The standard InChI is InChI=1S/C13H26/c1-3-4-5-6-7-9-12(2)13-10-8-11-13/h12-13H,3-11H2,1-2H3. The van der Waals surface area contributed by atoms with Gasteiger partial charge in [0.1, 0.15) is 0 Å². The molecule has 1 fully saturated rings. The van der Waals surface area contributed by atoms with Crippen LogP contribution in [0.15, 0.2) is 0 Å². The lowest BCUT2D eigenvalue weighted by atomic mass is 9.75. The van der Waals surface area contributed by atoms with Crippen LogP contribution in [-0.4, -0.2) is 0 Å². The van der Waals surface area contributed by atoms with E-state index < -0.39 is 0 Å². The van der Waals surface area contributed by atoms with Crippen molar-refractivity contribution in [3.8, 4) is 0 Å². The monoisotopic (exact) mass is 182 g/mol. The van der Waals surface area contributed by atoms with E-state index in [0.717, 1.165) is 11.8 Å². The second-order valence-corrected chi connectivity index (χ2v) is 4.87. The molecular formula is C13H26. The van der Waals surface area contributed by atoms with Crippen LogP contribution >= 0.6 is 0 Å². The normalized spacial score (nSPS) is 19.8. The smallest absolute Gasteiger partial charge is 0.0388 e. The summed E-state index contributed by atoms with van der Waals surface area (Å²) in [5.74, 6) is 2.13. The predicted molar refractivity (Wildman–Crippen MR) is 59.9 cm³/mol. The van der Waals surface area contributed by atoms with Gasteiger partial charge in [0.2, 0.25) is 0 Å². The molecule has 0 nitrogen and oxygen atoms in total. The highest BCUT2D eigenvalue weighted by atomic mass is 14.3. The van der Waals surface area contributed by atoms with Gasteiger partial charge in [0, 0.05) is 0 Å². The number of hydrogen-bond acceptors (Lipinski definition) is 0. The van der Waals surface area contributed by atoms with Crippen LogP contribution in [0, 0.1) is 11.8 Å². The minimum absolute atomic E-state index is 1.02. The quantitative estimate of drug-likeness (QED) is 0.497. The third kappa shape index (κ3) is 4.15. The molecule has 0 aromatic heterocycles. The van der Waals surface area contributed by atoms with Crippen molar-refractivity contribution in [1.82, 2.24) is 0 Å². The van der Waals surface area contributed by atoms with Crippen LogP contribution in [0.3, 0.4) is 0 Å². The van der Waals surface area contributed by atoms with E-state index in [9.17, 15) is 0 Å². The average Bonchev–Trinajstić information content (AvgIpc) is 2.01. The fourth-order valence-corrected chi connectivity index (χ4v) is 2.31. The summed E-state index contributed by atoms with van der Waals surface area (Å²) in [7, 11) is 0. The third-order valence-electron chi connectivity index (χ3n) is 3.72. The number of hydrogen-bond donors (Lipinski definition) is 0. The van der Waals surface area contributed by atoms with Crippen LogP contribution in [0.2, 0.25) is 0 Å². The van der Waals surface area contributed by atoms with E-state index in [1.54, 1.807) is 0 Å². The summed E-state index contributed by atoms with van der Waals surface area (Å²) < 4.78 is 0. The van der Waals surface area contributed by atoms with Crippen molar-refractivity contribution in [3.05, 3.63) is 0 Å². The van der Waals surface area contributed by atoms with Gasteiger partial charge in [-0.05, 0) is 11.8 Å². The van der Waals surface area contributed by atoms with Gasteiger partial charge in [-0.3, -0.25) is 0 Å². The van der Waals surface area contributed by atoms with Crippen LogP contribution in [-0.2, 0) is 0 Å². The zero-order valence-corrected chi connectivity index (χ0v) is 9.52. The van der Waals surface area contributed by atoms with Gasteiger partial charge < -0.3 is 0 Å². The molecule has 0 aromatic carbocycles. The Hall–Kier alpha value is 0. The second-order valence-electron chi connectivity index (χ2n) is 4.87. The van der Waals surface area contributed by atoms with Crippen LogP contribution in [0.1, 0.15) is 71.6 Å². The summed E-state index contributed by atoms with van der Waals surface area (Å²) in [4.78, 5) is 0. The Morgan fingerprint density at radius 3 is 2.31 bits per heavy atom. The molecule has 1 unspecified atom stereocenters. The van der Waals surface area contributed by atoms with Gasteiger partial charge >= 0.3 is 0 Å². The van der Waals surface area contributed by atoms with Crippen molar-refractivity contribution in [3.63, 3.8) is 0 Å². The van der Waals surface area contributed by atoms with Crippen LogP contribution < -0.4 is 0 Å². The first-order chi connectivity index (χ1) is 6.34. The van der Waals surface area contributed by atoms with Crippen LogP contribution in [0.5, 0.6) is 0 Å². The van der Waals surface area contributed by atoms with Crippen molar-refractivity contribution in [2.24, 2.45) is 11.8 Å². The molecule has 13 heavy (non-hydrogen) atoms. The highest BCUT2D eigenvalue weighted by Gasteiger charge is 2.22. The lowest BCUT2D eigenvalue weighted by Crippen LogP contribution is -2.19. The summed E-state index contributed by atoms with van der Waals surface area (Å²) in [6.07, 6.45) is 13.3. The molecule has 1 saturated carbocycles. The molecule has 0 heteroatoms. The molecule has 1 atom stereocenters. The molecule has 0 radical (unpaired) electrons. The first-order valence-electron chi connectivity index (χ1n) is 6.34. The predicted octanol–water partition coefficient (Wildman–Crippen LogP) is 4.78. The number of unbranched alkanes of at least 4 members (excludes halogenated alkanes) is 4. The van der Waals surface area contributed by atoms with E-state index in [2.05, 4.69) is 13.8 Å². The minimum Gasteiger partial charge on any atom is -0.0654 e. The van der Waals surface area contributed by atoms with Crippen molar-refractivity contribution in [2.75, 3.05) is 0 Å². The van der Waals surface area contributed by atoms with E-state index in [1.165, 1.54) is 57.8 Å². The Morgan fingerprint density at radius 2 is 1.77 bits per heavy atom. The van der Waals surface area contributed by atoms with Gasteiger partial charge in [0.05, 0.1) is 0 Å². The Bertz CT molecular complexity index is 113. The van der Waals surface area contributed by atoms with Crippen molar-refractivity contribution in [1.29, 1.82) is 0 Å². The minimum atomic E-state index is 1.02. The zero-order chi connectivity index (χ0) is 9.52. The van der Waals surface area contributed by atoms with Gasteiger partial charge in [-0.2, -0.15) is 0 Å². The molecule has 0 saturated heterocycles. The van der Waals surface area contributed by atoms with Crippen molar-refractivity contribution >= 4 is 0 Å². The summed E-state index contributed by atoms with van der Waals surface area (Å²) in [6, 6.07) is 0. The Balaban J connectivity index is 1.86. The summed E-state index contributed by atoms with van der Waals surface area (Å²) in [6.45, 7) is 4.75. The summed E-state index contributed by atoms with van der Waals surface area (Å²) in [5.41, 5.74) is 0. The van der Waals surface area contributed by atoms with Gasteiger partial charge in [-0.25, -0.2) is 0 Å². The zero-order valence-electron chi connectivity index (χ0n) is 9.52. The van der Waals surface area contributed by atoms with Crippen LogP contribution in [0.25, 0.3) is 0 Å². The maximum atomic E-state index is 2.46. The molecule has 78 valence electrons. The molecule has 0 N–H and O–H groups in total. The number of rotatable bonds is 7. The molecule has 1 aliphatic rings. The Labute approximate surface area is 84.1 Å². The molecule has 0 spiro atoms. The largest absolute Gasteiger partial charge is 0.0654 e. The SMILES string of the molecule is CCCCCCCC(C)C1CCC1. The van der Waals surface area contributed by atoms with E-state index in [4.69, 9.17) is 0 Å². The highest BCUT2D eigenvalue weighted by Crippen LogP contribution is 2.35. The van der Waals surface area contributed by atoms with Crippen molar-refractivity contribution < 1.29 is 0 Å². The van der Waals surface area contributed by atoms with E-state index >= 15 is 0 Å². The topological polar surface area (TPSA) is 0 Å². The maximum absolute atomic E-state index is 2.46. The van der Waals surface area contributed by atoms with Gasteiger partial charge in [-0.1, -0.05) is 71.6 Å². The van der Waals surface area contributed by atoms with E-state index in [1.807, 2.05) is 0 Å². The second kappa shape index (κ2) is 6.45. The average molecular weight is 182 g/mol. The summed E-state index contributed by atoms with van der Waals surface area (Å²) >= 11 is 0. The van der Waals surface area contributed by atoms with Gasteiger partial charge in [0.25, 0.3) is 0 Å². The van der Waals surface area contributed by atoms with Crippen LogP contribution in [0.4, 0.5) is 0 Å². The lowest BCUT2D eigenvalue weighted by Gasteiger charge is -2.31. The highest BCUT2D eigenvalue weighted by molar-refractivity contribution is 4.74. The fourth-order valence-electron chi connectivity index (χ4n) is 2.31. The first-order valence-corrected chi connectivity index (χ1v) is 6.34. The van der Waals surface area contributed by atoms with E-state index in [-0.39, 0.29) is 0 Å². The molecule has 1 aliphatic carbocycles. The molecule has 0 bridgehead atoms. The molecule has 0 aliphatic heterocycles. The van der Waals surface area contributed by atoms with E-state index in [0.29, 0.717) is 0 Å². The molecular weight excluding hydrogens is 156 g/mol. The lowest BCUT2D eigenvalue weighted by molar-refractivity contribution is 0.206. The van der Waals surface area contributed by atoms with Gasteiger partial charge in [-0.15, -0.1) is 0 Å². The Kier molecular flexibility index (Phi) is 5.50. The molecule has 0 aromatic rings. The maximum Gasteiger partial charge on any atom is -0.0388 e. The summed E-state index contributed by atoms with van der Waals surface area (Å²) in [5, 5.41) is 0. The molecule has 0 amide bonds. The van der Waals surface area contributed by atoms with Gasteiger partial charge in [0.15, 0.2) is 0 Å². The molecule has 0 heterocycles. The third-order valence-corrected chi connectivity index (χ3v) is 3.72. The van der Waals surface area contributed by atoms with Crippen molar-refractivity contribution in [2.45, 2.75) is 71.6 Å².